The Labute approximate surface area is 378 Å². The second-order valence-corrected chi connectivity index (χ2v) is 17.4. The van der Waals surface area contributed by atoms with E-state index < -0.39 is 58.9 Å². The Balaban J connectivity index is 1.52. The van der Waals surface area contributed by atoms with E-state index in [1.807, 2.05) is 32.0 Å². The van der Waals surface area contributed by atoms with E-state index in [9.17, 15) is 24.3 Å². The van der Waals surface area contributed by atoms with Crippen molar-refractivity contribution in [1.82, 2.24) is 9.88 Å². The molecule has 0 aliphatic carbocycles. The monoisotopic (exact) mass is 899 g/mol. The molecule has 16 heteroatoms. The minimum atomic E-state index is -2.00. The average molecular weight is 900 g/mol. The van der Waals surface area contributed by atoms with Gasteiger partial charge in [0.15, 0.2) is 22.3 Å². The number of phenols is 1. The molecule has 4 aromatic rings. The summed E-state index contributed by atoms with van der Waals surface area (Å²) in [6.45, 7) is 13.8. The number of nitrogens with zero attached hydrogens (tertiary/aromatic N) is 2. The number of aromatic hydroxyl groups is 1. The van der Waals surface area contributed by atoms with Crippen molar-refractivity contribution in [3.8, 4) is 17.2 Å². The van der Waals surface area contributed by atoms with Crippen LogP contribution in [0.5, 0.6) is 17.2 Å². The smallest absolute Gasteiger partial charge is 0.312 e. The molecule has 3 aliphatic heterocycles. The second-order valence-electron chi connectivity index (χ2n) is 17.4. The number of fused-ring (bicyclic) bond motifs is 14. The molecule has 7 rings (SSSR count). The van der Waals surface area contributed by atoms with Crippen LogP contribution in [0.1, 0.15) is 70.3 Å². The summed E-state index contributed by atoms with van der Waals surface area (Å²) in [5, 5.41) is 14.6. The molecule has 1 aromatic heterocycles. The molecule has 3 aliphatic rings. The van der Waals surface area contributed by atoms with Crippen LogP contribution in [-0.2, 0) is 33.3 Å². The third-order valence-electron chi connectivity index (χ3n) is 11.9. The van der Waals surface area contributed by atoms with Crippen molar-refractivity contribution in [2.45, 2.75) is 85.4 Å². The zero-order valence-corrected chi connectivity index (χ0v) is 39.1. The zero-order chi connectivity index (χ0) is 47.3. The van der Waals surface area contributed by atoms with Gasteiger partial charge in [-0.1, -0.05) is 39.0 Å². The van der Waals surface area contributed by atoms with E-state index in [0.29, 0.717) is 30.9 Å². The van der Waals surface area contributed by atoms with Gasteiger partial charge in [0.05, 0.1) is 42.6 Å². The summed E-state index contributed by atoms with van der Waals surface area (Å²) in [6, 6.07) is 4.98. The Morgan fingerprint density at radius 1 is 1.02 bits per heavy atom. The van der Waals surface area contributed by atoms with Gasteiger partial charge in [0.1, 0.15) is 40.9 Å². The largest absolute Gasteiger partial charge is 0.505 e. The Bertz CT molecular complexity index is 2600. The maximum absolute atomic E-state index is 14.7. The summed E-state index contributed by atoms with van der Waals surface area (Å²) in [4.78, 5) is 62.4. The number of methoxy groups -OCH3 is 2. The molecule has 0 saturated carbocycles. The predicted octanol–water partition coefficient (Wildman–Crippen LogP) is 7.39. The highest BCUT2D eigenvalue weighted by Gasteiger charge is 2.49. The summed E-state index contributed by atoms with van der Waals surface area (Å²) in [5.41, 5.74) is -0.211. The van der Waals surface area contributed by atoms with Gasteiger partial charge in [-0.25, -0.2) is 4.98 Å². The number of ketones is 1. The van der Waals surface area contributed by atoms with E-state index in [1.54, 1.807) is 50.5 Å². The number of aromatic nitrogens is 1. The van der Waals surface area contributed by atoms with Gasteiger partial charge >= 0.3 is 11.8 Å². The van der Waals surface area contributed by atoms with Crippen molar-refractivity contribution < 1.29 is 57.1 Å². The lowest BCUT2D eigenvalue weighted by atomic mass is 9.86. The molecule has 0 spiro atoms. The van der Waals surface area contributed by atoms with Gasteiger partial charge in [0.25, 0.3) is 11.7 Å². The first-order valence-corrected chi connectivity index (χ1v) is 21.8. The normalized spacial score (nSPS) is 26.2. The number of anilines is 1. The van der Waals surface area contributed by atoms with E-state index in [4.69, 9.17) is 42.6 Å². The summed E-state index contributed by atoms with van der Waals surface area (Å²) in [5.74, 6) is -4.24. The van der Waals surface area contributed by atoms with E-state index in [1.165, 1.54) is 34.1 Å². The van der Waals surface area contributed by atoms with Crippen LogP contribution in [0.25, 0.3) is 33.0 Å². The molecule has 1 amide bonds. The number of allylic oxidation sites excluding steroid dienone is 3. The second kappa shape index (κ2) is 20.6. The minimum absolute atomic E-state index is 0.00469. The van der Waals surface area contributed by atoms with Crippen LogP contribution in [0.4, 0.5) is 5.69 Å². The first kappa shape index (κ1) is 48.6. The Morgan fingerprint density at radius 2 is 1.77 bits per heavy atom. The molecule has 16 nitrogen and oxygen atoms in total. The maximum Gasteiger partial charge on any atom is 0.312 e. The number of carbonyl (C=O) groups excluding carboxylic acids is 3. The highest BCUT2D eigenvalue weighted by molar-refractivity contribution is 6.26. The number of amides is 1. The van der Waals surface area contributed by atoms with E-state index in [2.05, 4.69) is 19.2 Å². The average Bonchev–Trinajstić information content (AvgIpc) is 3.52. The third kappa shape index (κ3) is 10.5. The van der Waals surface area contributed by atoms with E-state index >= 15 is 0 Å². The number of ether oxygens (including phenoxy) is 7. The van der Waals surface area contributed by atoms with Gasteiger partial charge in [-0.15, -0.1) is 0 Å². The number of benzene rings is 3. The highest BCUT2D eigenvalue weighted by atomic mass is 16.7. The van der Waals surface area contributed by atoms with Gasteiger partial charge in [-0.3, -0.25) is 19.2 Å². The molecule has 2 N–H and O–H groups in total. The van der Waals surface area contributed by atoms with E-state index in [0.717, 1.165) is 13.0 Å². The molecule has 350 valence electrons. The Morgan fingerprint density at radius 3 is 2.46 bits per heavy atom. The topological polar surface area (TPSA) is 194 Å². The van der Waals surface area contributed by atoms with Crippen molar-refractivity contribution in [2.24, 2.45) is 17.8 Å². The Kier molecular flexibility index (Phi) is 15.4. The van der Waals surface area contributed by atoms with Gasteiger partial charge in [-0.05, 0) is 70.8 Å². The van der Waals surface area contributed by atoms with Crippen molar-refractivity contribution in [3.05, 3.63) is 75.7 Å². The molecule has 0 saturated heterocycles. The lowest BCUT2D eigenvalue weighted by molar-refractivity contribution is -0.163. The molecule has 5 bridgehead atoms. The van der Waals surface area contributed by atoms with Gasteiger partial charge in [-0.2, -0.15) is 0 Å². The van der Waals surface area contributed by atoms with Crippen LogP contribution in [0.2, 0.25) is 0 Å². The summed E-state index contributed by atoms with van der Waals surface area (Å²) >= 11 is 0. The fraction of sp³-hybridized carbons (Fsp3) is 0.490. The van der Waals surface area contributed by atoms with Crippen LogP contribution in [0.15, 0.2) is 63.6 Å². The molecule has 7 atom stereocenters. The number of phenolic OH excluding ortho intramolecular Hbond substituents is 1. The van der Waals surface area contributed by atoms with Crippen LogP contribution >= 0.6 is 0 Å². The highest BCUT2D eigenvalue weighted by Crippen LogP contribution is 2.48. The van der Waals surface area contributed by atoms with Gasteiger partial charge in [0.2, 0.25) is 0 Å². The maximum atomic E-state index is 14.7. The number of hydrogen-bond acceptors (Lipinski definition) is 15. The van der Waals surface area contributed by atoms with Crippen molar-refractivity contribution >= 4 is 56.3 Å². The Hall–Kier alpha value is -5.81. The molecule has 3 unspecified atom stereocenters. The molecular weight excluding hydrogens is 839 g/mol. The fourth-order valence-electron chi connectivity index (χ4n) is 8.39. The fourth-order valence-corrected chi connectivity index (χ4v) is 8.39. The van der Waals surface area contributed by atoms with Crippen LogP contribution in [0.3, 0.4) is 0 Å². The third-order valence-corrected chi connectivity index (χ3v) is 11.9. The first-order chi connectivity index (χ1) is 30.9. The van der Waals surface area contributed by atoms with Crippen LogP contribution < -0.4 is 20.2 Å². The number of Topliss-reactive ketones (excluding diaryl/α,β-unsaturated/α-hetero) is 1. The molecular formula is C49H61N3O13. The summed E-state index contributed by atoms with van der Waals surface area (Å²) in [7, 11) is 7.01. The zero-order valence-electron chi connectivity index (χ0n) is 39.1. The molecule has 3 aromatic carbocycles. The lowest BCUT2D eigenvalue weighted by Crippen LogP contribution is -2.43. The number of hydrogen-bond donors (Lipinski definition) is 2. The number of likely N-dealkylation sites (N-methyl/N-ethyl adjacent to an activating group) is 1. The summed E-state index contributed by atoms with van der Waals surface area (Å²) in [6.07, 6.45) is 7.70. The van der Waals surface area contributed by atoms with Crippen molar-refractivity contribution in [3.63, 3.8) is 0 Å². The predicted molar refractivity (Wildman–Crippen MR) is 246 cm³/mol. The van der Waals surface area contributed by atoms with Crippen molar-refractivity contribution in [1.29, 1.82) is 0 Å². The minimum Gasteiger partial charge on any atom is -0.505 e. The summed E-state index contributed by atoms with van der Waals surface area (Å²) < 4.78 is 48.1. The SMILES string of the molecule is COC1C[C@H](C)CC(C)/C=C/C=C(/C)C(=O)Nc2c(O)c3c(=O)c(C)c4c(c3c3nc5ccc(OCCOCCN(C)C)cc5oc23)C(=O)[C@@](C)(O/C=C/[C@H](OC)[C@@H](C)C1OC(C)=O)O4. The number of carbonyl (C=O) groups is 3. The van der Waals surface area contributed by atoms with Crippen LogP contribution in [-0.4, -0.2) is 111 Å². The van der Waals surface area contributed by atoms with E-state index in [-0.39, 0.29) is 74.0 Å². The standard InChI is InChI=1S/C49H61N3O13/c1-26-13-12-14-28(3)48(57)51-41-43(55)38-37(40-46(41)64-35-25-32(15-16-33(35)50-40)61-22-21-60-20-18-52(8)9)39-45(30(5)42(38)54)65-49(7,47(39)56)62-19-17-34(58-10)29(4)44(63-31(6)53)36(59-11)24-27(2)23-26/h12-17,19,25-27,29,34,36,44,55H,18,20-24H2,1-11H3,(H,51,57)/b13-12+,19-17+,28-14-/t26?,27-,29-,34+,36?,44?,49+/m1/s1. The van der Waals surface area contributed by atoms with Gasteiger partial charge in [0, 0.05) is 63.1 Å². The molecule has 0 fully saturated rings. The molecule has 4 heterocycles. The quantitative estimate of drug-likeness (QED) is 0.0526. The number of rotatable bonds is 10. The van der Waals surface area contributed by atoms with Crippen molar-refractivity contribution in [2.75, 3.05) is 60.0 Å². The number of nitrogens with one attached hydrogen (secondary N) is 1. The molecule has 0 radical (unpaired) electrons. The molecule has 65 heavy (non-hydrogen) atoms. The first-order valence-electron chi connectivity index (χ1n) is 21.8. The van der Waals surface area contributed by atoms with Crippen LogP contribution in [0, 0.1) is 24.7 Å². The number of esters is 1. The lowest BCUT2D eigenvalue weighted by Gasteiger charge is -2.34. The van der Waals surface area contributed by atoms with Gasteiger partial charge < -0.3 is 52.9 Å².